The Morgan fingerprint density at radius 3 is 2.75 bits per heavy atom. The SMILES string of the molecule is CC1CCCCN1Cc1ccccc1CNC(=O)C1=Cc2ccccc2OC1. The molecule has 1 saturated heterocycles. The lowest BCUT2D eigenvalue weighted by atomic mass is 10.0. The van der Waals surface area contributed by atoms with E-state index in [0.29, 0.717) is 24.8 Å². The van der Waals surface area contributed by atoms with Gasteiger partial charge < -0.3 is 10.1 Å². The van der Waals surface area contributed by atoms with E-state index in [0.717, 1.165) is 24.4 Å². The molecule has 1 unspecified atom stereocenters. The van der Waals surface area contributed by atoms with Crippen molar-refractivity contribution < 1.29 is 9.53 Å². The van der Waals surface area contributed by atoms with Crippen LogP contribution in [0.1, 0.15) is 42.9 Å². The van der Waals surface area contributed by atoms with Crippen molar-refractivity contribution in [2.24, 2.45) is 0 Å². The summed E-state index contributed by atoms with van der Waals surface area (Å²) in [5.74, 6) is 0.774. The molecule has 2 heterocycles. The monoisotopic (exact) mass is 376 g/mol. The second-order valence-electron chi connectivity index (χ2n) is 7.76. The highest BCUT2D eigenvalue weighted by molar-refractivity contribution is 5.99. The number of para-hydroxylation sites is 1. The Morgan fingerprint density at radius 2 is 1.89 bits per heavy atom. The van der Waals surface area contributed by atoms with Crippen molar-refractivity contribution >= 4 is 12.0 Å². The standard InChI is InChI=1S/C24H28N2O2/c1-18-8-6-7-13-26(18)16-21-11-3-2-10-20(21)15-25-24(27)22-14-19-9-4-5-12-23(19)28-17-22/h2-5,9-12,14,18H,6-8,13,15-17H2,1H3,(H,25,27). The van der Waals surface area contributed by atoms with Crippen molar-refractivity contribution in [3.05, 3.63) is 70.8 Å². The van der Waals surface area contributed by atoms with Gasteiger partial charge in [-0.2, -0.15) is 0 Å². The van der Waals surface area contributed by atoms with Crippen molar-refractivity contribution in [3.63, 3.8) is 0 Å². The van der Waals surface area contributed by atoms with Crippen molar-refractivity contribution in [1.29, 1.82) is 0 Å². The molecule has 4 nitrogen and oxygen atoms in total. The van der Waals surface area contributed by atoms with Gasteiger partial charge in [-0.25, -0.2) is 0 Å². The summed E-state index contributed by atoms with van der Waals surface area (Å²) in [6.45, 7) is 5.28. The average molecular weight is 377 g/mol. The van der Waals surface area contributed by atoms with E-state index in [-0.39, 0.29) is 5.91 Å². The molecule has 2 aliphatic rings. The van der Waals surface area contributed by atoms with E-state index in [1.807, 2.05) is 36.4 Å². The Kier molecular flexibility index (Phi) is 5.77. The molecule has 0 aromatic heterocycles. The number of carbonyl (C=O) groups is 1. The molecule has 2 aliphatic heterocycles. The van der Waals surface area contributed by atoms with E-state index >= 15 is 0 Å². The first kappa shape index (κ1) is 18.8. The molecule has 4 heteroatoms. The third-order valence-corrected chi connectivity index (χ3v) is 5.80. The lowest BCUT2D eigenvalue weighted by Gasteiger charge is -2.33. The van der Waals surface area contributed by atoms with Crippen molar-refractivity contribution in [1.82, 2.24) is 10.2 Å². The van der Waals surface area contributed by atoms with Crippen molar-refractivity contribution in [2.75, 3.05) is 13.2 Å². The molecule has 0 bridgehead atoms. The number of benzene rings is 2. The van der Waals surface area contributed by atoms with Gasteiger partial charge in [-0.15, -0.1) is 0 Å². The summed E-state index contributed by atoms with van der Waals surface area (Å²) >= 11 is 0. The number of nitrogens with one attached hydrogen (secondary N) is 1. The molecule has 0 spiro atoms. The highest BCUT2D eigenvalue weighted by Gasteiger charge is 2.20. The van der Waals surface area contributed by atoms with Crippen LogP contribution in [0.25, 0.3) is 6.08 Å². The van der Waals surface area contributed by atoms with E-state index in [1.54, 1.807) is 0 Å². The van der Waals surface area contributed by atoms with Gasteiger partial charge in [0, 0.05) is 24.7 Å². The van der Waals surface area contributed by atoms with Gasteiger partial charge in [0.1, 0.15) is 12.4 Å². The van der Waals surface area contributed by atoms with Gasteiger partial charge in [-0.3, -0.25) is 9.69 Å². The van der Waals surface area contributed by atoms with Gasteiger partial charge in [-0.1, -0.05) is 48.9 Å². The largest absolute Gasteiger partial charge is 0.488 e. The predicted molar refractivity (Wildman–Crippen MR) is 112 cm³/mol. The van der Waals surface area contributed by atoms with Crippen LogP contribution in [0, 0.1) is 0 Å². The smallest absolute Gasteiger partial charge is 0.250 e. The summed E-state index contributed by atoms with van der Waals surface area (Å²) in [5, 5.41) is 3.08. The summed E-state index contributed by atoms with van der Waals surface area (Å²) in [6.07, 6.45) is 5.80. The van der Waals surface area contributed by atoms with Crippen LogP contribution < -0.4 is 10.1 Å². The topological polar surface area (TPSA) is 41.6 Å². The molecule has 28 heavy (non-hydrogen) atoms. The maximum Gasteiger partial charge on any atom is 0.250 e. The third kappa shape index (κ3) is 4.28. The quantitative estimate of drug-likeness (QED) is 0.852. The number of amides is 1. The first-order valence-electron chi connectivity index (χ1n) is 10.2. The summed E-state index contributed by atoms with van der Waals surface area (Å²) in [6, 6.07) is 16.9. The van der Waals surface area contributed by atoms with Gasteiger partial charge in [0.25, 0.3) is 5.91 Å². The Morgan fingerprint density at radius 1 is 1.11 bits per heavy atom. The summed E-state index contributed by atoms with van der Waals surface area (Å²) in [4.78, 5) is 15.2. The first-order valence-corrected chi connectivity index (χ1v) is 10.2. The zero-order valence-electron chi connectivity index (χ0n) is 16.5. The molecule has 2 aromatic carbocycles. The minimum Gasteiger partial charge on any atom is -0.488 e. The zero-order chi connectivity index (χ0) is 19.3. The van der Waals surface area contributed by atoms with Crippen molar-refractivity contribution in [3.8, 4) is 5.75 Å². The molecule has 0 aliphatic carbocycles. The van der Waals surface area contributed by atoms with Crippen LogP contribution in [0.3, 0.4) is 0 Å². The Bertz CT molecular complexity index is 874. The number of piperidine rings is 1. The molecule has 146 valence electrons. The van der Waals surface area contributed by atoms with Crippen molar-refractivity contribution in [2.45, 2.75) is 45.3 Å². The number of likely N-dealkylation sites (tertiary alicyclic amines) is 1. The van der Waals surface area contributed by atoms with Crippen LogP contribution in [0.2, 0.25) is 0 Å². The molecule has 1 fully saturated rings. The Balaban J connectivity index is 1.41. The van der Waals surface area contributed by atoms with E-state index < -0.39 is 0 Å². The van der Waals surface area contributed by atoms with Gasteiger partial charge in [0.05, 0.1) is 5.57 Å². The number of nitrogens with zero attached hydrogens (tertiary/aromatic N) is 1. The molecular weight excluding hydrogens is 348 g/mol. The molecule has 2 aromatic rings. The highest BCUT2D eigenvalue weighted by atomic mass is 16.5. The van der Waals surface area contributed by atoms with Crippen LogP contribution in [0.4, 0.5) is 0 Å². The lowest BCUT2D eigenvalue weighted by molar-refractivity contribution is -0.117. The van der Waals surface area contributed by atoms with Gasteiger partial charge in [0.2, 0.25) is 0 Å². The Labute approximate surface area is 167 Å². The number of ether oxygens (including phenoxy) is 1. The predicted octanol–water partition coefficient (Wildman–Crippen LogP) is 4.15. The number of rotatable bonds is 5. The fourth-order valence-electron chi connectivity index (χ4n) is 4.03. The maximum atomic E-state index is 12.7. The van der Waals surface area contributed by atoms with Gasteiger partial charge in [-0.05, 0) is 49.6 Å². The summed E-state index contributed by atoms with van der Waals surface area (Å²) < 4.78 is 5.71. The normalized spacial score (nSPS) is 19.3. The maximum absolute atomic E-state index is 12.7. The molecule has 4 rings (SSSR count). The fraction of sp³-hybridized carbons (Fsp3) is 0.375. The van der Waals surface area contributed by atoms with E-state index in [4.69, 9.17) is 4.74 Å². The minimum absolute atomic E-state index is 0.0596. The molecule has 1 amide bonds. The molecular formula is C24H28N2O2. The lowest BCUT2D eigenvalue weighted by Crippen LogP contribution is -2.37. The van der Waals surface area contributed by atoms with E-state index in [9.17, 15) is 4.79 Å². The van der Waals surface area contributed by atoms with Crippen LogP contribution in [-0.4, -0.2) is 30.0 Å². The summed E-state index contributed by atoms with van der Waals surface area (Å²) in [7, 11) is 0. The molecule has 0 saturated carbocycles. The van der Waals surface area contributed by atoms with Crippen LogP contribution in [-0.2, 0) is 17.9 Å². The molecule has 1 N–H and O–H groups in total. The zero-order valence-corrected chi connectivity index (χ0v) is 16.5. The average Bonchev–Trinajstić information content (AvgIpc) is 2.74. The van der Waals surface area contributed by atoms with E-state index in [2.05, 4.69) is 35.3 Å². The molecule has 1 atom stereocenters. The van der Waals surface area contributed by atoms with Crippen LogP contribution in [0.5, 0.6) is 5.75 Å². The van der Waals surface area contributed by atoms with Crippen LogP contribution >= 0.6 is 0 Å². The number of fused-ring (bicyclic) bond motifs is 1. The third-order valence-electron chi connectivity index (χ3n) is 5.80. The minimum atomic E-state index is -0.0596. The summed E-state index contributed by atoms with van der Waals surface area (Å²) in [5.41, 5.74) is 4.11. The van der Waals surface area contributed by atoms with E-state index in [1.165, 1.54) is 30.4 Å². The number of carbonyl (C=O) groups excluding carboxylic acids is 1. The second-order valence-corrected chi connectivity index (χ2v) is 7.76. The fourth-order valence-corrected chi connectivity index (χ4v) is 4.03. The highest BCUT2D eigenvalue weighted by Crippen LogP contribution is 2.26. The van der Waals surface area contributed by atoms with Gasteiger partial charge >= 0.3 is 0 Å². The number of hydrogen-bond acceptors (Lipinski definition) is 3. The van der Waals surface area contributed by atoms with Gasteiger partial charge in [0.15, 0.2) is 0 Å². The Hall–Kier alpha value is -2.59. The molecule has 0 radical (unpaired) electrons. The van der Waals surface area contributed by atoms with Crippen LogP contribution in [0.15, 0.2) is 54.1 Å². The second kappa shape index (κ2) is 8.61. The number of hydrogen-bond donors (Lipinski definition) is 1. The first-order chi connectivity index (χ1) is 13.7.